The maximum Gasteiger partial charge on any atom is 0.607 e. The highest BCUT2D eigenvalue weighted by atomic mass is 35.6. The SMILES string of the molecule is C/C(=N/N=C1CCCC1)O[Si](Cl)(O/C(C)=N/N=C1CCCC1)c1ccccc1. The van der Waals surface area contributed by atoms with Crippen LogP contribution in [0.5, 0.6) is 0 Å². The molecule has 3 rings (SSSR count). The molecule has 1 unspecified atom stereocenters. The molecule has 150 valence electrons. The first kappa shape index (κ1) is 20.7. The first-order valence-corrected chi connectivity index (χ1v) is 12.7. The summed E-state index contributed by atoms with van der Waals surface area (Å²) in [6, 6.07) is 9.53. The zero-order valence-electron chi connectivity index (χ0n) is 16.5. The lowest BCUT2D eigenvalue weighted by Gasteiger charge is -2.24. The molecule has 0 heterocycles. The van der Waals surface area contributed by atoms with E-state index in [0.29, 0.717) is 11.8 Å². The molecule has 2 aliphatic carbocycles. The van der Waals surface area contributed by atoms with Crippen LogP contribution in [-0.2, 0) is 8.85 Å². The minimum atomic E-state index is -3.33. The zero-order chi connectivity index (χ0) is 19.8. The van der Waals surface area contributed by atoms with Crippen molar-refractivity contribution >= 4 is 47.4 Å². The number of hydrogen-bond acceptors (Lipinski definition) is 6. The summed E-state index contributed by atoms with van der Waals surface area (Å²) in [5, 5.41) is 17.8. The molecule has 0 N–H and O–H groups in total. The van der Waals surface area contributed by atoms with E-state index in [9.17, 15) is 0 Å². The molecule has 0 bridgehead atoms. The van der Waals surface area contributed by atoms with Gasteiger partial charge in [0.15, 0.2) is 11.8 Å². The Bertz CT molecular complexity index is 733. The van der Waals surface area contributed by atoms with Gasteiger partial charge in [-0.2, -0.15) is 10.2 Å². The Hall–Kier alpha value is -1.99. The molecule has 2 saturated carbocycles. The molecule has 6 nitrogen and oxygen atoms in total. The van der Waals surface area contributed by atoms with Crippen molar-refractivity contribution in [1.82, 2.24) is 0 Å². The van der Waals surface area contributed by atoms with Crippen LogP contribution in [0.3, 0.4) is 0 Å². The summed E-state index contributed by atoms with van der Waals surface area (Å²) in [6.45, 7) is 3.50. The van der Waals surface area contributed by atoms with Crippen molar-refractivity contribution < 1.29 is 8.85 Å². The largest absolute Gasteiger partial charge is 0.607 e. The van der Waals surface area contributed by atoms with E-state index in [0.717, 1.165) is 42.3 Å². The molecule has 0 amide bonds. The second-order valence-corrected chi connectivity index (χ2v) is 10.6. The molecular weight excluding hydrogens is 392 g/mol. The monoisotopic (exact) mass is 418 g/mol. The molecule has 0 saturated heterocycles. The maximum atomic E-state index is 6.88. The van der Waals surface area contributed by atoms with Crippen molar-refractivity contribution in [3.05, 3.63) is 30.3 Å². The topological polar surface area (TPSA) is 67.9 Å². The third kappa shape index (κ3) is 6.00. The van der Waals surface area contributed by atoms with Crippen molar-refractivity contribution in [2.45, 2.75) is 65.2 Å². The average molecular weight is 419 g/mol. The molecule has 2 fully saturated rings. The van der Waals surface area contributed by atoms with Gasteiger partial charge in [0.1, 0.15) is 0 Å². The van der Waals surface area contributed by atoms with Crippen LogP contribution in [0.25, 0.3) is 0 Å². The summed E-state index contributed by atoms with van der Waals surface area (Å²) >= 11 is 6.88. The first-order valence-electron chi connectivity index (χ1n) is 9.87. The summed E-state index contributed by atoms with van der Waals surface area (Å²) in [5.74, 6) is 0.777. The van der Waals surface area contributed by atoms with Gasteiger partial charge in [-0.1, -0.05) is 41.4 Å². The minimum Gasteiger partial charge on any atom is -0.485 e. The summed E-state index contributed by atoms with van der Waals surface area (Å²) in [4.78, 5) is 0. The number of halogens is 1. The Labute approximate surface area is 172 Å². The van der Waals surface area contributed by atoms with Gasteiger partial charge in [-0.15, -0.1) is 10.2 Å². The van der Waals surface area contributed by atoms with Crippen molar-refractivity contribution in [2.24, 2.45) is 20.4 Å². The van der Waals surface area contributed by atoms with Crippen LogP contribution in [0.4, 0.5) is 0 Å². The second kappa shape index (κ2) is 9.98. The van der Waals surface area contributed by atoms with E-state index in [2.05, 4.69) is 20.4 Å². The summed E-state index contributed by atoms with van der Waals surface area (Å²) < 4.78 is 12.0. The lowest BCUT2D eigenvalue weighted by atomic mass is 10.3. The molecule has 8 heteroatoms. The highest BCUT2D eigenvalue weighted by Crippen LogP contribution is 2.18. The van der Waals surface area contributed by atoms with Crippen LogP contribution in [0.15, 0.2) is 50.7 Å². The van der Waals surface area contributed by atoms with Crippen molar-refractivity contribution in [3.63, 3.8) is 0 Å². The molecule has 1 aromatic carbocycles. The fraction of sp³-hybridized carbons (Fsp3) is 0.500. The predicted octanol–water partition coefficient (Wildman–Crippen LogP) is 4.80. The first-order chi connectivity index (χ1) is 13.5. The fourth-order valence-electron chi connectivity index (χ4n) is 3.25. The number of rotatable bonds is 5. The van der Waals surface area contributed by atoms with E-state index in [1.54, 1.807) is 13.8 Å². The quantitative estimate of drug-likeness (QED) is 0.226. The zero-order valence-corrected chi connectivity index (χ0v) is 18.3. The van der Waals surface area contributed by atoms with Gasteiger partial charge < -0.3 is 8.85 Å². The van der Waals surface area contributed by atoms with E-state index in [1.165, 1.54) is 25.7 Å². The molecule has 0 aromatic heterocycles. The lowest BCUT2D eigenvalue weighted by Crippen LogP contribution is -2.50. The van der Waals surface area contributed by atoms with Gasteiger partial charge in [0.25, 0.3) is 0 Å². The Morgan fingerprint density at radius 2 is 1.21 bits per heavy atom. The molecule has 0 aliphatic heterocycles. The van der Waals surface area contributed by atoms with E-state index < -0.39 is 7.87 Å². The Kier molecular flexibility index (Phi) is 7.39. The summed E-state index contributed by atoms with van der Waals surface area (Å²) in [5.41, 5.74) is 2.21. The van der Waals surface area contributed by atoms with Crippen LogP contribution in [0.1, 0.15) is 65.2 Å². The van der Waals surface area contributed by atoms with Crippen molar-refractivity contribution in [1.29, 1.82) is 0 Å². The predicted molar refractivity (Wildman–Crippen MR) is 118 cm³/mol. The molecule has 2 aliphatic rings. The number of nitrogens with zero attached hydrogens (tertiary/aromatic N) is 4. The van der Waals surface area contributed by atoms with Crippen LogP contribution in [-0.4, -0.2) is 31.1 Å². The molecular formula is C20H27ClN4O2Si. The van der Waals surface area contributed by atoms with Gasteiger partial charge in [-0.25, -0.2) is 0 Å². The molecule has 1 atom stereocenters. The molecule has 1 aromatic rings. The van der Waals surface area contributed by atoms with Crippen molar-refractivity contribution in [3.8, 4) is 0 Å². The van der Waals surface area contributed by atoms with Crippen molar-refractivity contribution in [2.75, 3.05) is 0 Å². The second-order valence-electron chi connectivity index (χ2n) is 7.09. The van der Waals surface area contributed by atoms with Crippen LogP contribution in [0, 0.1) is 0 Å². The van der Waals surface area contributed by atoms with Crippen LogP contribution < -0.4 is 5.19 Å². The average Bonchev–Trinajstić information content (AvgIpc) is 3.39. The Balaban J connectivity index is 1.77. The lowest BCUT2D eigenvalue weighted by molar-refractivity contribution is 0.409. The number of hydrogen-bond donors (Lipinski definition) is 0. The van der Waals surface area contributed by atoms with Gasteiger partial charge in [0, 0.05) is 30.5 Å². The van der Waals surface area contributed by atoms with Crippen LogP contribution >= 0.6 is 11.1 Å². The Morgan fingerprint density at radius 3 is 1.64 bits per heavy atom. The van der Waals surface area contributed by atoms with E-state index in [4.69, 9.17) is 19.9 Å². The van der Waals surface area contributed by atoms with Gasteiger partial charge >= 0.3 is 7.87 Å². The normalized spacial score (nSPS) is 20.1. The standard InChI is InChI=1S/C20H27ClN4O2Si/c1-16(22-24-18-10-6-7-11-18)26-28(21,20-14-4-3-5-15-20)27-17(2)23-25-19-12-8-9-13-19/h3-5,14-15H,6-13H2,1-2H3/b22-16-,23-17+. The number of benzene rings is 1. The minimum absolute atomic E-state index is 0.389. The van der Waals surface area contributed by atoms with E-state index in [-0.39, 0.29) is 0 Å². The summed E-state index contributed by atoms with van der Waals surface area (Å²) in [7, 11) is -3.33. The molecule has 0 spiro atoms. The van der Waals surface area contributed by atoms with Gasteiger partial charge in [0.2, 0.25) is 0 Å². The van der Waals surface area contributed by atoms with Gasteiger partial charge in [-0.3, -0.25) is 0 Å². The molecule has 28 heavy (non-hydrogen) atoms. The smallest absolute Gasteiger partial charge is 0.485 e. The van der Waals surface area contributed by atoms with Gasteiger partial charge in [-0.05, 0) is 51.4 Å². The third-order valence-electron chi connectivity index (χ3n) is 4.70. The third-order valence-corrected chi connectivity index (χ3v) is 7.96. The Morgan fingerprint density at radius 1 is 0.786 bits per heavy atom. The fourth-order valence-corrected chi connectivity index (χ4v) is 6.00. The summed E-state index contributed by atoms with van der Waals surface area (Å²) in [6.07, 6.45) is 8.70. The van der Waals surface area contributed by atoms with E-state index in [1.807, 2.05) is 30.3 Å². The molecule has 0 radical (unpaired) electrons. The van der Waals surface area contributed by atoms with E-state index >= 15 is 0 Å². The van der Waals surface area contributed by atoms with Gasteiger partial charge in [0.05, 0.1) is 0 Å². The highest BCUT2D eigenvalue weighted by molar-refractivity contribution is 7.21. The van der Waals surface area contributed by atoms with Crippen LogP contribution in [0.2, 0.25) is 0 Å². The highest BCUT2D eigenvalue weighted by Gasteiger charge is 2.44. The maximum absolute atomic E-state index is 6.88.